The quantitative estimate of drug-likeness (QED) is 0.702. The molecule has 0 aliphatic carbocycles. The first-order valence-corrected chi connectivity index (χ1v) is 6.41. The molecular formula is C10H13NO2S. The van der Waals surface area contributed by atoms with Gasteiger partial charge in [-0.2, -0.15) is 0 Å². The minimum Gasteiger partial charge on any atom is -0.270 e. The first-order valence-electron chi connectivity index (χ1n) is 4.56. The number of anilines is 1. The first kappa shape index (κ1) is 9.52. The smallest absolute Gasteiger partial charge is 0.232 e. The van der Waals surface area contributed by atoms with Crippen molar-refractivity contribution in [3.05, 3.63) is 29.3 Å². The Labute approximate surface area is 84.4 Å². The molecule has 1 aromatic rings. The molecule has 76 valence electrons. The third kappa shape index (κ3) is 1.39. The van der Waals surface area contributed by atoms with E-state index in [1.54, 1.807) is 0 Å². The fraction of sp³-hybridized carbons (Fsp3) is 0.400. The summed E-state index contributed by atoms with van der Waals surface area (Å²) in [6.07, 6.45) is 2.08. The van der Waals surface area contributed by atoms with Crippen LogP contribution in [0.15, 0.2) is 18.2 Å². The van der Waals surface area contributed by atoms with Gasteiger partial charge in [-0.1, -0.05) is 18.2 Å². The van der Waals surface area contributed by atoms with Crippen molar-refractivity contribution >= 4 is 15.7 Å². The summed E-state index contributed by atoms with van der Waals surface area (Å²) in [5.41, 5.74) is 3.05. The lowest BCUT2D eigenvalue weighted by Crippen LogP contribution is -2.28. The molecule has 1 aliphatic heterocycles. The Morgan fingerprint density at radius 2 is 2.07 bits per heavy atom. The van der Waals surface area contributed by atoms with Crippen molar-refractivity contribution < 1.29 is 8.42 Å². The molecule has 3 nitrogen and oxygen atoms in total. The van der Waals surface area contributed by atoms with Crippen LogP contribution in [0.4, 0.5) is 5.69 Å². The molecule has 4 heteroatoms. The summed E-state index contributed by atoms with van der Waals surface area (Å²) >= 11 is 0. The fourth-order valence-corrected chi connectivity index (χ4v) is 2.96. The highest BCUT2D eigenvalue weighted by Crippen LogP contribution is 2.32. The Morgan fingerprint density at radius 3 is 2.71 bits per heavy atom. The predicted octanol–water partition coefficient (Wildman–Crippen LogP) is 1.32. The van der Waals surface area contributed by atoms with E-state index in [1.165, 1.54) is 10.6 Å². The van der Waals surface area contributed by atoms with Crippen LogP contribution in [0.25, 0.3) is 0 Å². The lowest BCUT2D eigenvalue weighted by atomic mass is 10.1. The number of rotatable bonds is 1. The zero-order chi connectivity index (χ0) is 10.3. The summed E-state index contributed by atoms with van der Waals surface area (Å²) in [6, 6.07) is 5.91. The number of hydrogen-bond acceptors (Lipinski definition) is 2. The van der Waals surface area contributed by atoms with Crippen molar-refractivity contribution in [1.29, 1.82) is 0 Å². The van der Waals surface area contributed by atoms with E-state index in [1.807, 2.05) is 25.1 Å². The monoisotopic (exact) mass is 211 g/mol. The summed E-state index contributed by atoms with van der Waals surface area (Å²) in [4.78, 5) is 0. The molecule has 0 fully saturated rings. The molecule has 0 unspecified atom stereocenters. The van der Waals surface area contributed by atoms with Crippen LogP contribution in [-0.4, -0.2) is 21.2 Å². The van der Waals surface area contributed by atoms with Crippen molar-refractivity contribution in [3.63, 3.8) is 0 Å². The number of benzene rings is 1. The van der Waals surface area contributed by atoms with E-state index in [2.05, 4.69) is 0 Å². The minimum atomic E-state index is -3.11. The number of fused-ring (bicyclic) bond motifs is 1. The van der Waals surface area contributed by atoms with Gasteiger partial charge in [0.15, 0.2) is 0 Å². The number of nitrogens with zero attached hydrogens (tertiary/aromatic N) is 1. The molecule has 0 spiro atoms. The molecule has 1 aromatic carbocycles. The van der Waals surface area contributed by atoms with Crippen LogP contribution in [0.5, 0.6) is 0 Å². The van der Waals surface area contributed by atoms with Gasteiger partial charge < -0.3 is 0 Å². The Bertz CT molecular complexity index is 465. The molecule has 0 amide bonds. The number of para-hydroxylation sites is 1. The van der Waals surface area contributed by atoms with Gasteiger partial charge in [0.2, 0.25) is 10.0 Å². The van der Waals surface area contributed by atoms with Gasteiger partial charge in [0.1, 0.15) is 0 Å². The summed E-state index contributed by atoms with van der Waals surface area (Å²) in [6.45, 7) is 2.53. The van der Waals surface area contributed by atoms with Crippen molar-refractivity contribution in [1.82, 2.24) is 0 Å². The average Bonchev–Trinajstić information content (AvgIpc) is 2.47. The highest BCUT2D eigenvalue weighted by atomic mass is 32.2. The van der Waals surface area contributed by atoms with Gasteiger partial charge in [-0.15, -0.1) is 0 Å². The molecule has 0 N–H and O–H groups in total. The molecule has 2 rings (SSSR count). The summed E-state index contributed by atoms with van der Waals surface area (Å²) in [5.74, 6) is 0. The fourth-order valence-electron chi connectivity index (χ4n) is 1.94. The SMILES string of the molecule is Cc1cccc2c1N(S(C)(=O)=O)CC2. The van der Waals surface area contributed by atoms with Crippen molar-refractivity contribution in [2.24, 2.45) is 0 Å². The number of aryl methyl sites for hydroxylation is 1. The van der Waals surface area contributed by atoms with Crippen molar-refractivity contribution in [2.75, 3.05) is 17.1 Å². The zero-order valence-electron chi connectivity index (χ0n) is 8.32. The maximum atomic E-state index is 11.5. The zero-order valence-corrected chi connectivity index (χ0v) is 9.13. The first-order chi connectivity index (χ1) is 6.50. The van der Waals surface area contributed by atoms with E-state index in [0.29, 0.717) is 6.54 Å². The van der Waals surface area contributed by atoms with Crippen LogP contribution in [0, 0.1) is 6.92 Å². The van der Waals surface area contributed by atoms with E-state index in [4.69, 9.17) is 0 Å². The van der Waals surface area contributed by atoms with Gasteiger partial charge in [-0.25, -0.2) is 8.42 Å². The third-order valence-corrected chi connectivity index (χ3v) is 3.72. The second kappa shape index (κ2) is 2.98. The number of hydrogen-bond donors (Lipinski definition) is 0. The van der Waals surface area contributed by atoms with E-state index < -0.39 is 10.0 Å². The van der Waals surface area contributed by atoms with E-state index in [0.717, 1.165) is 23.2 Å². The van der Waals surface area contributed by atoms with E-state index >= 15 is 0 Å². The molecular weight excluding hydrogens is 198 g/mol. The Balaban J connectivity index is 2.59. The summed E-state index contributed by atoms with van der Waals surface area (Å²) in [7, 11) is -3.11. The molecule has 0 aromatic heterocycles. The molecule has 0 saturated carbocycles. The Kier molecular flexibility index (Phi) is 2.03. The normalized spacial score (nSPS) is 15.7. The molecule has 1 heterocycles. The van der Waals surface area contributed by atoms with Crippen molar-refractivity contribution in [3.8, 4) is 0 Å². The maximum absolute atomic E-state index is 11.5. The van der Waals surface area contributed by atoms with Gasteiger partial charge in [0.05, 0.1) is 11.9 Å². The third-order valence-electron chi connectivity index (χ3n) is 2.56. The molecule has 0 saturated heterocycles. The van der Waals surface area contributed by atoms with Gasteiger partial charge in [-0.05, 0) is 24.5 Å². The van der Waals surface area contributed by atoms with Crippen LogP contribution in [0.3, 0.4) is 0 Å². The van der Waals surface area contributed by atoms with Gasteiger partial charge in [0, 0.05) is 6.54 Å². The highest BCUT2D eigenvalue weighted by molar-refractivity contribution is 7.92. The Hall–Kier alpha value is -1.03. The van der Waals surface area contributed by atoms with Gasteiger partial charge >= 0.3 is 0 Å². The lowest BCUT2D eigenvalue weighted by molar-refractivity contribution is 0.598. The average molecular weight is 211 g/mol. The second-order valence-corrected chi connectivity index (χ2v) is 5.57. The van der Waals surface area contributed by atoms with Crippen LogP contribution in [-0.2, 0) is 16.4 Å². The van der Waals surface area contributed by atoms with E-state index in [9.17, 15) is 8.42 Å². The lowest BCUT2D eigenvalue weighted by Gasteiger charge is -2.18. The largest absolute Gasteiger partial charge is 0.270 e. The summed E-state index contributed by atoms with van der Waals surface area (Å²) in [5, 5.41) is 0. The number of sulfonamides is 1. The molecule has 0 radical (unpaired) electrons. The van der Waals surface area contributed by atoms with Crippen LogP contribution in [0.1, 0.15) is 11.1 Å². The van der Waals surface area contributed by atoms with Crippen LogP contribution in [0.2, 0.25) is 0 Å². The van der Waals surface area contributed by atoms with Crippen LogP contribution < -0.4 is 4.31 Å². The maximum Gasteiger partial charge on any atom is 0.232 e. The van der Waals surface area contributed by atoms with E-state index in [-0.39, 0.29) is 0 Å². The standard InChI is InChI=1S/C10H13NO2S/c1-8-4-3-5-9-6-7-11(10(8)9)14(2,12)13/h3-5H,6-7H2,1-2H3. The van der Waals surface area contributed by atoms with Crippen LogP contribution >= 0.6 is 0 Å². The molecule has 0 atom stereocenters. The van der Waals surface area contributed by atoms with Gasteiger partial charge in [-0.3, -0.25) is 4.31 Å². The highest BCUT2D eigenvalue weighted by Gasteiger charge is 2.26. The summed E-state index contributed by atoms with van der Waals surface area (Å²) < 4.78 is 24.4. The minimum absolute atomic E-state index is 0.582. The molecule has 14 heavy (non-hydrogen) atoms. The van der Waals surface area contributed by atoms with Gasteiger partial charge in [0.25, 0.3) is 0 Å². The molecule has 0 bridgehead atoms. The topological polar surface area (TPSA) is 37.4 Å². The second-order valence-electron chi connectivity index (χ2n) is 3.67. The molecule has 1 aliphatic rings. The predicted molar refractivity (Wildman–Crippen MR) is 57.1 cm³/mol. The van der Waals surface area contributed by atoms with Crippen molar-refractivity contribution in [2.45, 2.75) is 13.3 Å². The Morgan fingerprint density at radius 1 is 1.36 bits per heavy atom.